The van der Waals surface area contributed by atoms with Crippen molar-refractivity contribution in [2.75, 3.05) is 6.54 Å². The van der Waals surface area contributed by atoms with Gasteiger partial charge in [-0.3, -0.25) is 9.59 Å². The van der Waals surface area contributed by atoms with Gasteiger partial charge in [0.1, 0.15) is 11.6 Å². The average Bonchev–Trinajstić information content (AvgIpc) is 2.66. The summed E-state index contributed by atoms with van der Waals surface area (Å²) in [6.07, 6.45) is 4.16. The summed E-state index contributed by atoms with van der Waals surface area (Å²) in [6, 6.07) is 5.09. The van der Waals surface area contributed by atoms with Crippen molar-refractivity contribution in [3.05, 3.63) is 59.2 Å². The Balaban J connectivity index is 2.46. The maximum atomic E-state index is 15.1. The van der Waals surface area contributed by atoms with Gasteiger partial charge in [-0.1, -0.05) is 40.2 Å². The summed E-state index contributed by atoms with van der Waals surface area (Å²) in [5.74, 6) is -3.77. The summed E-state index contributed by atoms with van der Waals surface area (Å²) in [6.45, 7) is 7.57. The van der Waals surface area contributed by atoms with E-state index in [9.17, 15) is 19.1 Å². The molecule has 0 aromatic heterocycles. The molecule has 1 aromatic carbocycles. The van der Waals surface area contributed by atoms with E-state index in [1.807, 2.05) is 27.7 Å². The molecule has 0 saturated heterocycles. The number of aliphatic carboxylic acids is 1. The number of allylic oxidation sites excluding steroid dienone is 2. The van der Waals surface area contributed by atoms with Crippen LogP contribution in [0, 0.1) is 29.0 Å². The van der Waals surface area contributed by atoms with Crippen molar-refractivity contribution in [2.45, 2.75) is 40.5 Å². The molecular weight excluding hydrogens is 376 g/mol. The van der Waals surface area contributed by atoms with Crippen molar-refractivity contribution in [1.29, 1.82) is 0 Å². The maximum absolute atomic E-state index is 15.1. The summed E-state index contributed by atoms with van der Waals surface area (Å²) in [7, 11) is 0. The smallest absolute Gasteiger partial charge is 0.311 e. The molecule has 1 aromatic rings. The van der Waals surface area contributed by atoms with Crippen molar-refractivity contribution in [2.24, 2.45) is 23.2 Å². The first-order chi connectivity index (χ1) is 13.6. The Morgan fingerprint density at radius 3 is 2.31 bits per heavy atom. The molecule has 2 N–H and O–H groups in total. The van der Waals surface area contributed by atoms with Gasteiger partial charge in [-0.2, -0.15) is 0 Å². The van der Waals surface area contributed by atoms with Gasteiger partial charge in [0.25, 0.3) is 5.91 Å². The molecular formula is C23H29F2NO3. The highest BCUT2D eigenvalue weighted by atomic mass is 19.1. The Morgan fingerprint density at radius 2 is 1.79 bits per heavy atom. The summed E-state index contributed by atoms with van der Waals surface area (Å²) in [5.41, 5.74) is -0.394. The molecule has 3 unspecified atom stereocenters. The highest BCUT2D eigenvalue weighted by molar-refractivity contribution is 5.94. The second-order valence-electron chi connectivity index (χ2n) is 8.01. The highest BCUT2D eigenvalue weighted by Gasteiger charge is 2.51. The SMILES string of the molecule is CCCC(C)C1=C(F)C=CC(C(=O)O)C1(CNC(=O)c1ccc(F)cc1)C(C)C. The standard InChI is InChI=1S/C23H29F2NO3/c1-5-6-15(4)20-19(25)12-11-18(22(28)29)23(20,14(2)3)13-26-21(27)16-7-9-17(24)10-8-16/h7-12,14-15,18H,5-6,13H2,1-4H3,(H,26,27)(H,28,29). The Labute approximate surface area is 170 Å². The number of nitrogens with one attached hydrogen (secondary N) is 1. The van der Waals surface area contributed by atoms with Gasteiger partial charge < -0.3 is 10.4 Å². The second-order valence-corrected chi connectivity index (χ2v) is 8.01. The van der Waals surface area contributed by atoms with E-state index in [-0.39, 0.29) is 23.9 Å². The Bertz CT molecular complexity index is 814. The number of halogens is 2. The van der Waals surface area contributed by atoms with E-state index in [2.05, 4.69) is 5.32 Å². The van der Waals surface area contributed by atoms with Crippen molar-refractivity contribution >= 4 is 11.9 Å². The van der Waals surface area contributed by atoms with Crippen LogP contribution in [0.1, 0.15) is 50.9 Å². The van der Waals surface area contributed by atoms with E-state index in [4.69, 9.17) is 0 Å². The van der Waals surface area contributed by atoms with Crippen LogP contribution in [0.2, 0.25) is 0 Å². The fourth-order valence-electron chi connectivity index (χ4n) is 4.42. The topological polar surface area (TPSA) is 66.4 Å². The van der Waals surface area contributed by atoms with E-state index in [0.29, 0.717) is 12.0 Å². The average molecular weight is 405 g/mol. The molecule has 6 heteroatoms. The number of carboxylic acids is 1. The maximum Gasteiger partial charge on any atom is 0.311 e. The highest BCUT2D eigenvalue weighted by Crippen LogP contribution is 2.51. The predicted molar refractivity (Wildman–Crippen MR) is 108 cm³/mol. The van der Waals surface area contributed by atoms with E-state index in [1.54, 1.807) is 0 Å². The van der Waals surface area contributed by atoms with Crippen LogP contribution in [0.5, 0.6) is 0 Å². The van der Waals surface area contributed by atoms with Crippen molar-refractivity contribution in [3.8, 4) is 0 Å². The molecule has 0 saturated carbocycles. The lowest BCUT2D eigenvalue weighted by molar-refractivity contribution is -0.144. The molecule has 158 valence electrons. The number of carboxylic acid groups (broad SMARTS) is 1. The van der Waals surface area contributed by atoms with Gasteiger partial charge in [0, 0.05) is 17.5 Å². The minimum atomic E-state index is -1.10. The number of carbonyl (C=O) groups is 2. The zero-order valence-corrected chi connectivity index (χ0v) is 17.3. The van der Waals surface area contributed by atoms with Crippen LogP contribution in [-0.2, 0) is 4.79 Å². The molecule has 0 radical (unpaired) electrons. The zero-order valence-electron chi connectivity index (χ0n) is 17.3. The van der Waals surface area contributed by atoms with E-state index >= 15 is 4.39 Å². The molecule has 0 spiro atoms. The third-order valence-electron chi connectivity index (χ3n) is 5.91. The Hall–Kier alpha value is -2.50. The van der Waals surface area contributed by atoms with Crippen LogP contribution in [0.15, 0.2) is 47.8 Å². The van der Waals surface area contributed by atoms with Crippen LogP contribution in [0.3, 0.4) is 0 Å². The number of carbonyl (C=O) groups excluding carboxylic acids is 1. The molecule has 29 heavy (non-hydrogen) atoms. The van der Waals surface area contributed by atoms with Gasteiger partial charge in [-0.15, -0.1) is 0 Å². The molecule has 3 atom stereocenters. The minimum absolute atomic E-state index is 0.0288. The molecule has 1 aliphatic carbocycles. The molecule has 1 amide bonds. The molecule has 4 nitrogen and oxygen atoms in total. The van der Waals surface area contributed by atoms with Gasteiger partial charge in [0.05, 0.1) is 5.92 Å². The molecule has 0 aliphatic heterocycles. The number of amides is 1. The molecule has 2 rings (SSSR count). The van der Waals surface area contributed by atoms with Gasteiger partial charge in [0.15, 0.2) is 0 Å². The van der Waals surface area contributed by atoms with E-state index in [1.165, 1.54) is 36.4 Å². The quantitative estimate of drug-likeness (QED) is 0.630. The van der Waals surface area contributed by atoms with Crippen molar-refractivity contribution in [3.63, 3.8) is 0 Å². The summed E-state index contributed by atoms with van der Waals surface area (Å²) in [5, 5.41) is 12.7. The fraction of sp³-hybridized carbons (Fsp3) is 0.478. The monoisotopic (exact) mass is 405 g/mol. The predicted octanol–water partition coefficient (Wildman–Crippen LogP) is 5.13. The van der Waals surface area contributed by atoms with E-state index in [0.717, 1.165) is 6.42 Å². The zero-order chi connectivity index (χ0) is 21.8. The van der Waals surface area contributed by atoms with Crippen LogP contribution in [0.4, 0.5) is 8.78 Å². The Morgan fingerprint density at radius 1 is 1.17 bits per heavy atom. The van der Waals surface area contributed by atoms with Crippen LogP contribution < -0.4 is 5.32 Å². The number of hydrogen-bond acceptors (Lipinski definition) is 2. The van der Waals surface area contributed by atoms with Crippen molar-refractivity contribution in [1.82, 2.24) is 5.32 Å². The third-order valence-corrected chi connectivity index (χ3v) is 5.91. The number of hydrogen-bond donors (Lipinski definition) is 2. The molecule has 0 fully saturated rings. The van der Waals surface area contributed by atoms with E-state index < -0.39 is 34.9 Å². The number of benzene rings is 1. The van der Waals surface area contributed by atoms with Gasteiger partial charge >= 0.3 is 5.97 Å². The second kappa shape index (κ2) is 9.33. The third kappa shape index (κ3) is 4.57. The lowest BCUT2D eigenvalue weighted by Gasteiger charge is -2.47. The van der Waals surface area contributed by atoms with Gasteiger partial charge in [0.2, 0.25) is 0 Å². The lowest BCUT2D eigenvalue weighted by atomic mass is 9.57. The summed E-state index contributed by atoms with van der Waals surface area (Å²) >= 11 is 0. The van der Waals surface area contributed by atoms with Gasteiger partial charge in [-0.05, 0) is 54.2 Å². The van der Waals surface area contributed by atoms with Crippen LogP contribution in [0.25, 0.3) is 0 Å². The van der Waals surface area contributed by atoms with Gasteiger partial charge in [-0.25, -0.2) is 8.78 Å². The molecule has 0 bridgehead atoms. The number of rotatable bonds is 8. The van der Waals surface area contributed by atoms with Crippen LogP contribution in [-0.4, -0.2) is 23.5 Å². The first kappa shape index (κ1) is 22.8. The molecule has 1 aliphatic rings. The normalized spacial score (nSPS) is 22.7. The molecule has 0 heterocycles. The Kier molecular flexibility index (Phi) is 7.33. The van der Waals surface area contributed by atoms with Crippen molar-refractivity contribution < 1.29 is 23.5 Å². The van der Waals surface area contributed by atoms with Crippen LogP contribution >= 0.6 is 0 Å². The fourth-order valence-corrected chi connectivity index (χ4v) is 4.42. The summed E-state index contributed by atoms with van der Waals surface area (Å²) < 4.78 is 28.2. The largest absolute Gasteiger partial charge is 0.481 e. The lowest BCUT2D eigenvalue weighted by Crippen LogP contribution is -2.51. The first-order valence-electron chi connectivity index (χ1n) is 10.00. The minimum Gasteiger partial charge on any atom is -0.481 e. The summed E-state index contributed by atoms with van der Waals surface area (Å²) in [4.78, 5) is 24.7. The first-order valence-corrected chi connectivity index (χ1v) is 10.00.